The van der Waals surface area contributed by atoms with Crippen LogP contribution in [0.1, 0.15) is 21.5 Å². The second-order valence-electron chi connectivity index (χ2n) is 4.49. The Labute approximate surface area is 105 Å². The van der Waals surface area contributed by atoms with E-state index in [4.69, 9.17) is 0 Å². The molecule has 0 aromatic heterocycles. The van der Waals surface area contributed by atoms with Crippen LogP contribution in [0.25, 0.3) is 0 Å². The maximum atomic E-state index is 12.2. The molecule has 1 aliphatic heterocycles. The van der Waals surface area contributed by atoms with Gasteiger partial charge >= 0.3 is 0 Å². The van der Waals surface area contributed by atoms with Crippen molar-refractivity contribution < 1.29 is 13.6 Å². The molecule has 3 nitrogen and oxygen atoms in total. The lowest BCUT2D eigenvalue weighted by atomic mass is 9.98. The molecule has 18 heavy (non-hydrogen) atoms. The SMILES string of the molecule is CN(CC(F)F)C(=O)c1ccc2c(c1)CNCC2. The van der Waals surface area contributed by atoms with Crippen molar-refractivity contribution in [1.82, 2.24) is 10.2 Å². The molecule has 1 amide bonds. The molecule has 98 valence electrons. The first-order valence-electron chi connectivity index (χ1n) is 5.94. The molecular formula is C13H16F2N2O. The van der Waals surface area contributed by atoms with Gasteiger partial charge in [-0.1, -0.05) is 6.07 Å². The highest BCUT2D eigenvalue weighted by molar-refractivity contribution is 5.94. The number of benzene rings is 1. The molecule has 1 N–H and O–H groups in total. The van der Waals surface area contributed by atoms with Gasteiger partial charge in [-0.2, -0.15) is 0 Å². The fraction of sp³-hybridized carbons (Fsp3) is 0.462. The van der Waals surface area contributed by atoms with Crippen LogP contribution in [0.3, 0.4) is 0 Å². The molecule has 1 heterocycles. The lowest BCUT2D eigenvalue weighted by Gasteiger charge is -2.20. The van der Waals surface area contributed by atoms with E-state index in [2.05, 4.69) is 5.32 Å². The lowest BCUT2D eigenvalue weighted by Crippen LogP contribution is -2.31. The highest BCUT2D eigenvalue weighted by Crippen LogP contribution is 2.17. The number of amides is 1. The van der Waals surface area contributed by atoms with Crippen LogP contribution in [0, 0.1) is 0 Å². The van der Waals surface area contributed by atoms with E-state index in [-0.39, 0.29) is 5.91 Å². The number of rotatable bonds is 3. The number of alkyl halides is 2. The fourth-order valence-electron chi connectivity index (χ4n) is 2.12. The van der Waals surface area contributed by atoms with E-state index < -0.39 is 13.0 Å². The summed E-state index contributed by atoms with van der Waals surface area (Å²) in [7, 11) is 1.40. The van der Waals surface area contributed by atoms with Crippen molar-refractivity contribution in [2.75, 3.05) is 20.1 Å². The minimum Gasteiger partial charge on any atom is -0.336 e. The minimum atomic E-state index is -2.50. The molecule has 0 spiro atoms. The predicted octanol–water partition coefficient (Wildman–Crippen LogP) is 1.67. The largest absolute Gasteiger partial charge is 0.336 e. The van der Waals surface area contributed by atoms with Crippen LogP contribution in [-0.4, -0.2) is 37.4 Å². The summed E-state index contributed by atoms with van der Waals surface area (Å²) < 4.78 is 24.5. The van der Waals surface area contributed by atoms with Crippen LogP contribution < -0.4 is 5.32 Å². The molecule has 0 atom stereocenters. The Morgan fingerprint density at radius 3 is 2.94 bits per heavy atom. The van der Waals surface area contributed by atoms with Crippen LogP contribution in [0.4, 0.5) is 8.78 Å². The monoisotopic (exact) mass is 254 g/mol. The Balaban J connectivity index is 2.15. The summed E-state index contributed by atoms with van der Waals surface area (Å²) in [5.74, 6) is -0.358. The Hall–Kier alpha value is -1.49. The Kier molecular flexibility index (Phi) is 3.91. The third-order valence-corrected chi connectivity index (χ3v) is 3.10. The number of hydrogen-bond donors (Lipinski definition) is 1. The van der Waals surface area contributed by atoms with Gasteiger partial charge in [-0.05, 0) is 36.2 Å². The number of hydrogen-bond acceptors (Lipinski definition) is 2. The Morgan fingerprint density at radius 1 is 1.44 bits per heavy atom. The van der Waals surface area contributed by atoms with Crippen LogP contribution in [0.5, 0.6) is 0 Å². The number of carbonyl (C=O) groups is 1. The first kappa shape index (κ1) is 13.0. The van der Waals surface area contributed by atoms with Gasteiger partial charge in [-0.3, -0.25) is 4.79 Å². The van der Waals surface area contributed by atoms with Gasteiger partial charge < -0.3 is 10.2 Å². The zero-order chi connectivity index (χ0) is 13.1. The summed E-state index contributed by atoms with van der Waals surface area (Å²) in [6, 6.07) is 5.43. The number of nitrogens with one attached hydrogen (secondary N) is 1. The highest BCUT2D eigenvalue weighted by Gasteiger charge is 2.17. The number of carbonyl (C=O) groups excluding carboxylic acids is 1. The molecule has 0 fully saturated rings. The van der Waals surface area contributed by atoms with E-state index in [1.807, 2.05) is 6.07 Å². The van der Waals surface area contributed by atoms with E-state index in [1.54, 1.807) is 12.1 Å². The second-order valence-corrected chi connectivity index (χ2v) is 4.49. The molecule has 0 radical (unpaired) electrons. The second kappa shape index (κ2) is 5.44. The Bertz CT molecular complexity index is 449. The first-order chi connectivity index (χ1) is 8.58. The smallest absolute Gasteiger partial charge is 0.255 e. The van der Waals surface area contributed by atoms with Gasteiger partial charge in [0.2, 0.25) is 0 Å². The summed E-state index contributed by atoms with van der Waals surface area (Å²) in [6.45, 7) is 1.13. The first-order valence-corrected chi connectivity index (χ1v) is 5.94. The molecule has 0 aliphatic carbocycles. The van der Waals surface area contributed by atoms with Crippen molar-refractivity contribution in [1.29, 1.82) is 0 Å². The zero-order valence-corrected chi connectivity index (χ0v) is 10.2. The van der Waals surface area contributed by atoms with E-state index >= 15 is 0 Å². The molecule has 0 bridgehead atoms. The van der Waals surface area contributed by atoms with Gasteiger partial charge in [0.05, 0.1) is 6.54 Å². The van der Waals surface area contributed by atoms with Crippen molar-refractivity contribution in [3.8, 4) is 0 Å². The van der Waals surface area contributed by atoms with Crippen molar-refractivity contribution >= 4 is 5.91 Å². The summed E-state index contributed by atoms with van der Waals surface area (Å²) in [5, 5.41) is 3.22. The average Bonchev–Trinajstić information content (AvgIpc) is 2.36. The van der Waals surface area contributed by atoms with Crippen molar-refractivity contribution in [2.45, 2.75) is 19.4 Å². The van der Waals surface area contributed by atoms with E-state index in [1.165, 1.54) is 12.6 Å². The van der Waals surface area contributed by atoms with Crippen molar-refractivity contribution in [3.63, 3.8) is 0 Å². The molecule has 0 unspecified atom stereocenters. The molecule has 0 saturated heterocycles. The third-order valence-electron chi connectivity index (χ3n) is 3.10. The molecule has 1 aromatic carbocycles. The molecule has 5 heteroatoms. The molecular weight excluding hydrogens is 238 g/mol. The number of nitrogens with zero attached hydrogens (tertiary/aromatic N) is 1. The van der Waals surface area contributed by atoms with Gasteiger partial charge in [0.1, 0.15) is 0 Å². The summed E-state index contributed by atoms with van der Waals surface area (Å²) in [5.41, 5.74) is 2.78. The zero-order valence-electron chi connectivity index (χ0n) is 10.2. The van der Waals surface area contributed by atoms with Gasteiger partial charge in [0, 0.05) is 19.2 Å². The number of fused-ring (bicyclic) bond motifs is 1. The normalized spacial score (nSPS) is 14.4. The topological polar surface area (TPSA) is 32.3 Å². The summed E-state index contributed by atoms with van der Waals surface area (Å²) in [6.07, 6.45) is -1.56. The van der Waals surface area contributed by atoms with Crippen LogP contribution in [0.15, 0.2) is 18.2 Å². The molecule has 1 aliphatic rings. The standard InChI is InChI=1S/C13H16F2N2O/c1-17(8-12(14)15)13(18)10-3-2-9-4-5-16-7-11(9)6-10/h2-3,6,12,16H,4-5,7-8H2,1H3. The summed E-state index contributed by atoms with van der Waals surface area (Å²) in [4.78, 5) is 13.0. The fourth-order valence-corrected chi connectivity index (χ4v) is 2.12. The van der Waals surface area contributed by atoms with Gasteiger partial charge in [-0.15, -0.1) is 0 Å². The van der Waals surface area contributed by atoms with Crippen LogP contribution in [-0.2, 0) is 13.0 Å². The number of halogens is 2. The Morgan fingerprint density at radius 2 is 2.22 bits per heavy atom. The van der Waals surface area contributed by atoms with Crippen LogP contribution in [0.2, 0.25) is 0 Å². The molecule has 2 rings (SSSR count). The van der Waals surface area contributed by atoms with Crippen molar-refractivity contribution in [3.05, 3.63) is 34.9 Å². The maximum Gasteiger partial charge on any atom is 0.255 e. The quantitative estimate of drug-likeness (QED) is 0.890. The summed E-state index contributed by atoms with van der Waals surface area (Å²) >= 11 is 0. The average molecular weight is 254 g/mol. The van der Waals surface area contributed by atoms with E-state index in [0.717, 1.165) is 30.0 Å². The third kappa shape index (κ3) is 2.85. The van der Waals surface area contributed by atoms with E-state index in [9.17, 15) is 13.6 Å². The van der Waals surface area contributed by atoms with Crippen molar-refractivity contribution in [2.24, 2.45) is 0 Å². The highest BCUT2D eigenvalue weighted by atomic mass is 19.3. The van der Waals surface area contributed by atoms with E-state index in [0.29, 0.717) is 5.56 Å². The lowest BCUT2D eigenvalue weighted by molar-refractivity contribution is 0.0620. The maximum absolute atomic E-state index is 12.2. The molecule has 0 saturated carbocycles. The molecule has 1 aromatic rings. The van der Waals surface area contributed by atoms with Gasteiger partial charge in [-0.25, -0.2) is 8.78 Å². The minimum absolute atomic E-state index is 0.358. The predicted molar refractivity (Wildman–Crippen MR) is 64.8 cm³/mol. The van der Waals surface area contributed by atoms with Gasteiger partial charge in [0.25, 0.3) is 12.3 Å². The van der Waals surface area contributed by atoms with Crippen LogP contribution >= 0.6 is 0 Å². The van der Waals surface area contributed by atoms with Gasteiger partial charge in [0.15, 0.2) is 0 Å².